The van der Waals surface area contributed by atoms with Crippen LogP contribution >= 0.6 is 11.6 Å². The van der Waals surface area contributed by atoms with Gasteiger partial charge in [-0.25, -0.2) is 9.97 Å². The minimum atomic E-state index is -0.361. The van der Waals surface area contributed by atoms with Gasteiger partial charge in [0.25, 0.3) is 0 Å². The van der Waals surface area contributed by atoms with Gasteiger partial charge in [-0.15, -0.1) is 0 Å². The molecular formula is C7H9ClN2O. The lowest BCUT2D eigenvalue weighted by atomic mass is 10.2. The molecule has 1 atom stereocenters. The Labute approximate surface area is 70.1 Å². The van der Waals surface area contributed by atoms with Crippen molar-refractivity contribution in [1.29, 1.82) is 0 Å². The van der Waals surface area contributed by atoms with Crippen LogP contribution in [-0.2, 0) is 6.42 Å². The number of halogens is 1. The van der Waals surface area contributed by atoms with Crippen LogP contribution in [0.1, 0.15) is 12.5 Å². The van der Waals surface area contributed by atoms with Crippen molar-refractivity contribution in [2.24, 2.45) is 0 Å². The summed E-state index contributed by atoms with van der Waals surface area (Å²) >= 11 is 5.46. The van der Waals surface area contributed by atoms with Gasteiger partial charge in [0.15, 0.2) is 0 Å². The first-order valence-electron chi connectivity index (χ1n) is 3.33. The summed E-state index contributed by atoms with van der Waals surface area (Å²) in [6.45, 7) is 1.72. The van der Waals surface area contributed by atoms with Gasteiger partial charge >= 0.3 is 0 Å². The molecule has 11 heavy (non-hydrogen) atoms. The molecule has 0 aromatic carbocycles. The third-order valence-corrected chi connectivity index (χ3v) is 1.40. The molecule has 1 rings (SSSR count). The van der Waals surface area contributed by atoms with Gasteiger partial charge in [-0.1, -0.05) is 0 Å². The Hall–Kier alpha value is -0.670. The van der Waals surface area contributed by atoms with Crippen molar-refractivity contribution in [2.75, 3.05) is 0 Å². The average Bonchev–Trinajstić information content (AvgIpc) is 1.93. The highest BCUT2D eigenvalue weighted by Gasteiger charge is 1.99. The molecule has 3 nitrogen and oxygen atoms in total. The lowest BCUT2D eigenvalue weighted by Crippen LogP contribution is -2.04. The smallest absolute Gasteiger partial charge is 0.222 e. The topological polar surface area (TPSA) is 46.0 Å². The second kappa shape index (κ2) is 3.64. The molecule has 0 saturated carbocycles. The number of aromatic nitrogens is 2. The molecule has 0 saturated heterocycles. The maximum absolute atomic E-state index is 8.99. The van der Waals surface area contributed by atoms with E-state index in [0.29, 0.717) is 6.42 Å². The first-order chi connectivity index (χ1) is 5.18. The summed E-state index contributed by atoms with van der Waals surface area (Å²) in [6, 6.07) is 0. The number of nitrogens with zero attached hydrogens (tertiary/aromatic N) is 2. The molecule has 0 bridgehead atoms. The quantitative estimate of drug-likeness (QED) is 0.679. The van der Waals surface area contributed by atoms with Crippen LogP contribution in [0.25, 0.3) is 0 Å². The van der Waals surface area contributed by atoms with Crippen LogP contribution in [0.4, 0.5) is 0 Å². The van der Waals surface area contributed by atoms with Crippen LogP contribution in [0.3, 0.4) is 0 Å². The Morgan fingerprint density at radius 3 is 2.55 bits per heavy atom. The van der Waals surface area contributed by atoms with Gasteiger partial charge in [-0.05, 0) is 24.1 Å². The minimum Gasteiger partial charge on any atom is -0.393 e. The van der Waals surface area contributed by atoms with Crippen molar-refractivity contribution in [3.63, 3.8) is 0 Å². The van der Waals surface area contributed by atoms with E-state index in [-0.39, 0.29) is 11.4 Å². The third-order valence-electron chi connectivity index (χ3n) is 1.20. The van der Waals surface area contributed by atoms with Gasteiger partial charge in [0, 0.05) is 18.8 Å². The molecular weight excluding hydrogens is 164 g/mol. The van der Waals surface area contributed by atoms with Crippen molar-refractivity contribution in [3.05, 3.63) is 23.2 Å². The van der Waals surface area contributed by atoms with Gasteiger partial charge in [-0.3, -0.25) is 0 Å². The SMILES string of the molecule is CC(O)Cc1cnc(Cl)nc1. The molecule has 1 heterocycles. The Kier molecular flexibility index (Phi) is 2.79. The summed E-state index contributed by atoms with van der Waals surface area (Å²) < 4.78 is 0. The Morgan fingerprint density at radius 1 is 1.55 bits per heavy atom. The highest BCUT2D eigenvalue weighted by Crippen LogP contribution is 2.02. The van der Waals surface area contributed by atoms with E-state index in [9.17, 15) is 0 Å². The Bertz CT molecular complexity index is 222. The van der Waals surface area contributed by atoms with Gasteiger partial charge in [0.05, 0.1) is 6.10 Å². The molecule has 60 valence electrons. The first-order valence-corrected chi connectivity index (χ1v) is 3.71. The molecule has 0 radical (unpaired) electrons. The molecule has 1 aromatic rings. The lowest BCUT2D eigenvalue weighted by molar-refractivity contribution is 0.195. The van der Waals surface area contributed by atoms with E-state index >= 15 is 0 Å². The summed E-state index contributed by atoms with van der Waals surface area (Å²) in [7, 11) is 0. The second-order valence-corrected chi connectivity index (χ2v) is 2.75. The van der Waals surface area contributed by atoms with Gasteiger partial charge < -0.3 is 5.11 Å². The summed E-state index contributed by atoms with van der Waals surface area (Å²) in [6.07, 6.45) is 3.43. The zero-order chi connectivity index (χ0) is 8.27. The average molecular weight is 173 g/mol. The first kappa shape index (κ1) is 8.43. The summed E-state index contributed by atoms with van der Waals surface area (Å²) in [5.41, 5.74) is 0.893. The van der Waals surface area contributed by atoms with Crippen LogP contribution in [-0.4, -0.2) is 21.2 Å². The van der Waals surface area contributed by atoms with Crippen molar-refractivity contribution in [1.82, 2.24) is 9.97 Å². The zero-order valence-corrected chi connectivity index (χ0v) is 6.91. The second-order valence-electron chi connectivity index (χ2n) is 2.41. The van der Waals surface area contributed by atoms with E-state index in [1.165, 1.54) is 0 Å². The summed E-state index contributed by atoms with van der Waals surface area (Å²) in [4.78, 5) is 7.55. The number of aliphatic hydroxyl groups excluding tert-OH is 1. The minimum absolute atomic E-state index is 0.236. The number of hydrogen-bond acceptors (Lipinski definition) is 3. The van der Waals surface area contributed by atoms with Crippen LogP contribution in [0.15, 0.2) is 12.4 Å². The monoisotopic (exact) mass is 172 g/mol. The highest BCUT2D eigenvalue weighted by molar-refractivity contribution is 6.28. The standard InChI is InChI=1S/C7H9ClN2O/c1-5(11)2-6-3-9-7(8)10-4-6/h3-5,11H,2H2,1H3. The predicted octanol–water partition coefficient (Wildman–Crippen LogP) is 1.05. The molecule has 0 spiro atoms. The molecule has 0 aliphatic heterocycles. The van der Waals surface area contributed by atoms with Crippen LogP contribution in [0.5, 0.6) is 0 Å². The Balaban J connectivity index is 2.66. The van der Waals surface area contributed by atoms with Crippen molar-refractivity contribution < 1.29 is 5.11 Å². The fourth-order valence-corrected chi connectivity index (χ4v) is 0.883. The van der Waals surface area contributed by atoms with Crippen molar-refractivity contribution in [2.45, 2.75) is 19.4 Å². The third kappa shape index (κ3) is 2.82. The van der Waals surface area contributed by atoms with E-state index in [1.807, 2.05) is 0 Å². The lowest BCUT2D eigenvalue weighted by Gasteiger charge is -2.01. The zero-order valence-electron chi connectivity index (χ0n) is 6.16. The van der Waals surface area contributed by atoms with Crippen molar-refractivity contribution >= 4 is 11.6 Å². The van der Waals surface area contributed by atoms with E-state index in [2.05, 4.69) is 9.97 Å². The molecule has 4 heteroatoms. The van der Waals surface area contributed by atoms with Gasteiger partial charge in [0.2, 0.25) is 5.28 Å². The highest BCUT2D eigenvalue weighted by atomic mass is 35.5. The van der Waals surface area contributed by atoms with Gasteiger partial charge in [0.1, 0.15) is 0 Å². The maximum Gasteiger partial charge on any atom is 0.222 e. The van der Waals surface area contributed by atoms with Gasteiger partial charge in [-0.2, -0.15) is 0 Å². The summed E-state index contributed by atoms with van der Waals surface area (Å²) in [5, 5.41) is 9.22. The van der Waals surface area contributed by atoms with E-state index in [1.54, 1.807) is 19.3 Å². The predicted molar refractivity (Wildman–Crippen MR) is 42.4 cm³/mol. The fraction of sp³-hybridized carbons (Fsp3) is 0.429. The summed E-state index contributed by atoms with van der Waals surface area (Å²) in [5.74, 6) is 0. The Morgan fingerprint density at radius 2 is 2.09 bits per heavy atom. The molecule has 1 N–H and O–H groups in total. The largest absolute Gasteiger partial charge is 0.393 e. The molecule has 0 aliphatic rings. The van der Waals surface area contributed by atoms with Crippen LogP contribution < -0.4 is 0 Å². The van der Waals surface area contributed by atoms with E-state index < -0.39 is 0 Å². The molecule has 1 aromatic heterocycles. The van der Waals surface area contributed by atoms with E-state index in [4.69, 9.17) is 16.7 Å². The molecule has 0 amide bonds. The molecule has 0 fully saturated rings. The molecule has 1 unspecified atom stereocenters. The molecule has 0 aliphatic carbocycles. The van der Waals surface area contributed by atoms with E-state index in [0.717, 1.165) is 5.56 Å². The van der Waals surface area contributed by atoms with Crippen molar-refractivity contribution in [3.8, 4) is 0 Å². The number of aliphatic hydroxyl groups is 1. The fourth-order valence-electron chi connectivity index (χ4n) is 0.786. The van der Waals surface area contributed by atoms with Crippen LogP contribution in [0, 0.1) is 0 Å². The number of rotatable bonds is 2. The maximum atomic E-state index is 8.99. The normalized spacial score (nSPS) is 13.0. The van der Waals surface area contributed by atoms with Crippen LogP contribution in [0.2, 0.25) is 5.28 Å². The number of hydrogen-bond donors (Lipinski definition) is 1.